The Labute approximate surface area is 164 Å². The molecule has 8 heteroatoms. The van der Waals surface area contributed by atoms with Crippen molar-refractivity contribution in [2.24, 2.45) is 11.8 Å². The number of likely N-dealkylation sites (tertiary alicyclic amines) is 1. The molecule has 2 atom stereocenters. The summed E-state index contributed by atoms with van der Waals surface area (Å²) < 4.78 is 11.1. The van der Waals surface area contributed by atoms with Crippen LogP contribution in [-0.4, -0.2) is 46.7 Å². The smallest absolute Gasteiger partial charge is 0.410 e. The van der Waals surface area contributed by atoms with Crippen molar-refractivity contribution in [3.63, 3.8) is 0 Å². The third kappa shape index (κ3) is 5.94. The van der Waals surface area contributed by atoms with E-state index in [2.05, 4.69) is 13.8 Å². The van der Waals surface area contributed by atoms with Crippen LogP contribution in [0, 0.1) is 22.0 Å². The number of nitro groups is 1. The van der Waals surface area contributed by atoms with Crippen molar-refractivity contribution in [2.75, 3.05) is 13.1 Å². The van der Waals surface area contributed by atoms with Crippen LogP contribution in [-0.2, 0) is 9.47 Å². The van der Waals surface area contributed by atoms with E-state index < -0.39 is 28.7 Å². The highest BCUT2D eigenvalue weighted by Crippen LogP contribution is 2.28. The van der Waals surface area contributed by atoms with Crippen LogP contribution in [0.5, 0.6) is 0 Å². The van der Waals surface area contributed by atoms with Crippen LogP contribution in [0.1, 0.15) is 51.4 Å². The zero-order valence-electron chi connectivity index (χ0n) is 17.0. The second kappa shape index (κ2) is 8.58. The molecule has 1 aliphatic rings. The van der Waals surface area contributed by atoms with Gasteiger partial charge in [-0.2, -0.15) is 0 Å². The minimum Gasteiger partial charge on any atom is -0.457 e. The molecule has 1 fully saturated rings. The molecule has 1 heterocycles. The Morgan fingerprint density at radius 3 is 2.32 bits per heavy atom. The number of rotatable bonds is 5. The van der Waals surface area contributed by atoms with E-state index in [4.69, 9.17) is 9.47 Å². The van der Waals surface area contributed by atoms with Gasteiger partial charge >= 0.3 is 12.1 Å². The Bertz CT molecular complexity index is 723. The van der Waals surface area contributed by atoms with Crippen molar-refractivity contribution in [2.45, 2.75) is 52.7 Å². The summed E-state index contributed by atoms with van der Waals surface area (Å²) in [6.45, 7) is 10.3. The Balaban J connectivity index is 2.08. The lowest BCUT2D eigenvalue weighted by Gasteiger charge is -2.24. The average Bonchev–Trinajstić information content (AvgIpc) is 2.95. The van der Waals surface area contributed by atoms with Crippen LogP contribution >= 0.6 is 0 Å². The monoisotopic (exact) mass is 392 g/mol. The van der Waals surface area contributed by atoms with Gasteiger partial charge in [0, 0.05) is 24.6 Å². The van der Waals surface area contributed by atoms with Gasteiger partial charge in [-0.25, -0.2) is 9.59 Å². The third-order valence-electron chi connectivity index (χ3n) is 4.38. The second-order valence-electron chi connectivity index (χ2n) is 8.52. The Morgan fingerprint density at radius 2 is 1.82 bits per heavy atom. The van der Waals surface area contributed by atoms with E-state index in [1.54, 1.807) is 25.7 Å². The van der Waals surface area contributed by atoms with Crippen LogP contribution < -0.4 is 0 Å². The summed E-state index contributed by atoms with van der Waals surface area (Å²) in [5.41, 5.74) is -0.450. The molecular formula is C20H28N2O6. The van der Waals surface area contributed by atoms with Gasteiger partial charge in [-0.1, -0.05) is 13.8 Å². The van der Waals surface area contributed by atoms with Gasteiger partial charge in [-0.15, -0.1) is 0 Å². The maximum absolute atomic E-state index is 12.5. The fourth-order valence-corrected chi connectivity index (χ4v) is 3.21. The van der Waals surface area contributed by atoms with Crippen LogP contribution in [0.2, 0.25) is 0 Å². The molecule has 1 saturated heterocycles. The first-order chi connectivity index (χ1) is 13.0. The molecule has 0 bridgehead atoms. The summed E-state index contributed by atoms with van der Waals surface area (Å²) in [5, 5.41) is 10.7. The molecule has 2 rings (SSSR count). The Kier molecular flexibility index (Phi) is 6.64. The standard InChI is InChI=1S/C20H28N2O6/c1-13(2)10-15-11-21(19(24)28-20(3,4)5)12-17(15)27-18(23)14-6-8-16(9-7-14)22(25)26/h6-9,13,15,17H,10-12H2,1-5H3. The maximum Gasteiger partial charge on any atom is 0.410 e. The summed E-state index contributed by atoms with van der Waals surface area (Å²) >= 11 is 0. The Hall–Kier alpha value is -2.64. The maximum atomic E-state index is 12.5. The minimum absolute atomic E-state index is 0.00881. The fourth-order valence-electron chi connectivity index (χ4n) is 3.21. The molecule has 1 amide bonds. The summed E-state index contributed by atoms with van der Waals surface area (Å²) in [5.74, 6) is -0.168. The van der Waals surface area contributed by atoms with Crippen molar-refractivity contribution in [3.8, 4) is 0 Å². The first-order valence-corrected chi connectivity index (χ1v) is 9.39. The number of benzene rings is 1. The van der Waals surface area contributed by atoms with Gasteiger partial charge in [-0.3, -0.25) is 10.1 Å². The summed E-state index contributed by atoms with van der Waals surface area (Å²) in [6, 6.07) is 5.28. The summed E-state index contributed by atoms with van der Waals surface area (Å²) in [7, 11) is 0. The number of hydrogen-bond donors (Lipinski definition) is 0. The predicted molar refractivity (Wildman–Crippen MR) is 103 cm³/mol. The highest BCUT2D eigenvalue weighted by atomic mass is 16.6. The van der Waals surface area contributed by atoms with Crippen molar-refractivity contribution in [1.29, 1.82) is 0 Å². The molecule has 0 radical (unpaired) electrons. The largest absolute Gasteiger partial charge is 0.457 e. The van der Waals surface area contributed by atoms with Crippen molar-refractivity contribution >= 4 is 17.7 Å². The number of carbonyl (C=O) groups is 2. The van der Waals surface area contributed by atoms with E-state index in [0.717, 1.165) is 6.42 Å². The molecule has 2 unspecified atom stereocenters. The molecule has 154 valence electrons. The normalized spacial score (nSPS) is 19.6. The van der Waals surface area contributed by atoms with E-state index in [1.165, 1.54) is 24.3 Å². The van der Waals surface area contributed by atoms with Gasteiger partial charge in [0.1, 0.15) is 11.7 Å². The number of nitro benzene ring substituents is 1. The number of amides is 1. The molecule has 0 saturated carbocycles. The number of non-ortho nitro benzene ring substituents is 1. The van der Waals surface area contributed by atoms with E-state index >= 15 is 0 Å². The highest BCUT2D eigenvalue weighted by molar-refractivity contribution is 5.89. The molecule has 1 aliphatic heterocycles. The SMILES string of the molecule is CC(C)CC1CN(C(=O)OC(C)(C)C)CC1OC(=O)c1ccc([N+](=O)[O-])cc1. The minimum atomic E-state index is -0.599. The predicted octanol–water partition coefficient (Wildman–Crippen LogP) is 4.03. The molecule has 0 spiro atoms. The highest BCUT2D eigenvalue weighted by Gasteiger charge is 2.39. The van der Waals surface area contributed by atoms with Crippen LogP contribution in [0.25, 0.3) is 0 Å². The van der Waals surface area contributed by atoms with Gasteiger partial charge in [0.15, 0.2) is 0 Å². The van der Waals surface area contributed by atoms with E-state index in [0.29, 0.717) is 12.5 Å². The number of nitrogens with zero attached hydrogens (tertiary/aromatic N) is 2. The molecule has 1 aromatic carbocycles. The van der Waals surface area contributed by atoms with Gasteiger partial charge in [-0.05, 0) is 45.2 Å². The van der Waals surface area contributed by atoms with Crippen LogP contribution in [0.4, 0.5) is 10.5 Å². The first-order valence-electron chi connectivity index (χ1n) is 9.39. The van der Waals surface area contributed by atoms with E-state index in [9.17, 15) is 19.7 Å². The summed E-state index contributed by atoms with van der Waals surface area (Å²) in [4.78, 5) is 36.7. The number of ether oxygens (including phenoxy) is 2. The van der Waals surface area contributed by atoms with Crippen molar-refractivity contribution in [1.82, 2.24) is 4.90 Å². The lowest BCUT2D eigenvalue weighted by Crippen LogP contribution is -2.36. The number of hydrogen-bond acceptors (Lipinski definition) is 6. The zero-order chi connectivity index (χ0) is 21.1. The van der Waals surface area contributed by atoms with Gasteiger partial charge in [0.2, 0.25) is 0 Å². The van der Waals surface area contributed by atoms with Crippen molar-refractivity contribution < 1.29 is 24.0 Å². The molecule has 0 aromatic heterocycles. The van der Waals surface area contributed by atoms with Gasteiger partial charge in [0.25, 0.3) is 5.69 Å². The molecule has 0 N–H and O–H groups in total. The van der Waals surface area contributed by atoms with Crippen LogP contribution in [0.15, 0.2) is 24.3 Å². The topological polar surface area (TPSA) is 99.0 Å². The van der Waals surface area contributed by atoms with E-state index in [-0.39, 0.29) is 23.7 Å². The third-order valence-corrected chi connectivity index (χ3v) is 4.38. The summed E-state index contributed by atoms with van der Waals surface area (Å²) in [6.07, 6.45) is -0.0647. The fraction of sp³-hybridized carbons (Fsp3) is 0.600. The Morgan fingerprint density at radius 1 is 1.21 bits per heavy atom. The second-order valence-corrected chi connectivity index (χ2v) is 8.52. The van der Waals surface area contributed by atoms with Gasteiger partial charge < -0.3 is 14.4 Å². The molecule has 28 heavy (non-hydrogen) atoms. The van der Waals surface area contributed by atoms with Gasteiger partial charge in [0.05, 0.1) is 17.0 Å². The molecule has 0 aliphatic carbocycles. The average molecular weight is 392 g/mol. The number of carbonyl (C=O) groups excluding carboxylic acids is 2. The lowest BCUT2D eigenvalue weighted by atomic mass is 9.94. The molecule has 1 aromatic rings. The van der Waals surface area contributed by atoms with Crippen LogP contribution in [0.3, 0.4) is 0 Å². The molecule has 8 nitrogen and oxygen atoms in total. The first kappa shape index (κ1) is 21.7. The zero-order valence-corrected chi connectivity index (χ0v) is 17.0. The number of esters is 1. The van der Waals surface area contributed by atoms with E-state index in [1.807, 2.05) is 0 Å². The van der Waals surface area contributed by atoms with Crippen molar-refractivity contribution in [3.05, 3.63) is 39.9 Å². The quantitative estimate of drug-likeness (QED) is 0.426. The lowest BCUT2D eigenvalue weighted by molar-refractivity contribution is -0.384. The molecular weight excluding hydrogens is 364 g/mol.